The zero-order valence-corrected chi connectivity index (χ0v) is 12.4. The molecule has 1 spiro atoms. The molecule has 4 rings (SSSR count). The molecular formula is C15H17NO4S. The Kier molecular flexibility index (Phi) is 2.72. The highest BCUT2D eigenvalue weighted by Gasteiger charge is 2.51. The minimum atomic E-state index is -3.19. The van der Waals surface area contributed by atoms with Crippen LogP contribution >= 0.6 is 0 Å². The van der Waals surface area contributed by atoms with Crippen molar-refractivity contribution >= 4 is 15.8 Å². The third kappa shape index (κ3) is 2.08. The predicted molar refractivity (Wildman–Crippen MR) is 76.9 cm³/mol. The maximum Gasteiger partial charge on any atom is 0.217 e. The average molecular weight is 307 g/mol. The summed E-state index contributed by atoms with van der Waals surface area (Å²) in [4.78, 5) is 12.3. The molecule has 6 heteroatoms. The summed E-state index contributed by atoms with van der Waals surface area (Å²) < 4.78 is 32.2. The van der Waals surface area contributed by atoms with Crippen LogP contribution in [0.15, 0.2) is 24.3 Å². The molecule has 1 saturated carbocycles. The SMILES string of the molecule is O=C1CC2(CCN(S(=O)(=O)C3CC3)C2)Oc2ccccc21. The third-order valence-electron chi connectivity index (χ3n) is 4.58. The molecule has 0 radical (unpaired) electrons. The van der Waals surface area contributed by atoms with Crippen molar-refractivity contribution in [2.24, 2.45) is 0 Å². The third-order valence-corrected chi connectivity index (χ3v) is 6.93. The fourth-order valence-corrected chi connectivity index (χ4v) is 5.19. The van der Waals surface area contributed by atoms with Gasteiger partial charge in [-0.2, -0.15) is 4.31 Å². The Labute approximate surface area is 123 Å². The number of fused-ring (bicyclic) bond motifs is 1. The standard InChI is InChI=1S/C15H17NO4S/c17-13-9-15(20-14-4-2-1-3-12(13)14)7-8-16(10-15)21(18,19)11-5-6-11/h1-4,11H,5-10H2. The van der Waals surface area contributed by atoms with Gasteiger partial charge in [-0.15, -0.1) is 0 Å². The summed E-state index contributed by atoms with van der Waals surface area (Å²) >= 11 is 0. The van der Waals surface area contributed by atoms with Crippen molar-refractivity contribution in [3.63, 3.8) is 0 Å². The van der Waals surface area contributed by atoms with E-state index >= 15 is 0 Å². The van der Waals surface area contributed by atoms with E-state index in [2.05, 4.69) is 0 Å². The molecule has 2 heterocycles. The van der Waals surface area contributed by atoms with Gasteiger partial charge in [0.2, 0.25) is 10.0 Å². The monoisotopic (exact) mass is 307 g/mol. The van der Waals surface area contributed by atoms with Crippen LogP contribution in [0.2, 0.25) is 0 Å². The molecule has 112 valence electrons. The van der Waals surface area contributed by atoms with Crippen LogP contribution in [0.25, 0.3) is 0 Å². The van der Waals surface area contributed by atoms with E-state index in [1.807, 2.05) is 12.1 Å². The Morgan fingerprint density at radius 2 is 2.00 bits per heavy atom. The van der Waals surface area contributed by atoms with Crippen LogP contribution in [-0.2, 0) is 10.0 Å². The molecule has 2 fully saturated rings. The van der Waals surface area contributed by atoms with E-state index in [9.17, 15) is 13.2 Å². The first kappa shape index (κ1) is 13.3. The lowest BCUT2D eigenvalue weighted by atomic mass is 9.89. The topological polar surface area (TPSA) is 63.7 Å². The van der Waals surface area contributed by atoms with E-state index < -0.39 is 15.6 Å². The van der Waals surface area contributed by atoms with Gasteiger partial charge in [0.1, 0.15) is 11.4 Å². The van der Waals surface area contributed by atoms with Crippen LogP contribution < -0.4 is 4.74 Å². The van der Waals surface area contributed by atoms with Crippen molar-refractivity contribution in [3.05, 3.63) is 29.8 Å². The van der Waals surface area contributed by atoms with E-state index in [1.54, 1.807) is 12.1 Å². The highest BCUT2D eigenvalue weighted by molar-refractivity contribution is 7.90. The van der Waals surface area contributed by atoms with Gasteiger partial charge in [0.15, 0.2) is 5.78 Å². The average Bonchev–Trinajstić information content (AvgIpc) is 3.23. The zero-order chi connectivity index (χ0) is 14.7. The van der Waals surface area contributed by atoms with Gasteiger partial charge in [-0.05, 0) is 25.0 Å². The first-order valence-corrected chi connectivity index (χ1v) is 8.81. The number of ether oxygens (including phenoxy) is 1. The molecule has 5 nitrogen and oxygen atoms in total. The number of carbonyl (C=O) groups excluding carboxylic acids is 1. The summed E-state index contributed by atoms with van der Waals surface area (Å²) in [5.41, 5.74) is -0.0699. The number of rotatable bonds is 2. The fraction of sp³-hybridized carbons (Fsp3) is 0.533. The molecule has 1 unspecified atom stereocenters. The van der Waals surface area contributed by atoms with Crippen LogP contribution in [0.1, 0.15) is 36.0 Å². The fourth-order valence-electron chi connectivity index (χ4n) is 3.27. The number of nitrogens with zero attached hydrogens (tertiary/aromatic N) is 1. The van der Waals surface area contributed by atoms with Crippen LogP contribution in [0.3, 0.4) is 0 Å². The number of Topliss-reactive ketones (excluding diaryl/α,β-unsaturated/α-hetero) is 1. The highest BCUT2D eigenvalue weighted by atomic mass is 32.2. The van der Waals surface area contributed by atoms with Crippen molar-refractivity contribution in [3.8, 4) is 5.75 Å². The van der Waals surface area contributed by atoms with Gasteiger partial charge in [0.05, 0.1) is 23.8 Å². The van der Waals surface area contributed by atoms with Crippen LogP contribution in [0.5, 0.6) is 5.75 Å². The van der Waals surface area contributed by atoms with E-state index in [0.29, 0.717) is 30.8 Å². The number of para-hydroxylation sites is 1. The van der Waals surface area contributed by atoms with Crippen molar-refractivity contribution in [1.82, 2.24) is 4.31 Å². The number of hydrogen-bond acceptors (Lipinski definition) is 4. The Bertz CT molecular complexity index is 710. The molecule has 1 aromatic rings. The zero-order valence-electron chi connectivity index (χ0n) is 11.6. The summed E-state index contributed by atoms with van der Waals surface area (Å²) in [6.45, 7) is 0.750. The minimum absolute atomic E-state index is 0.0440. The van der Waals surface area contributed by atoms with Crippen molar-refractivity contribution in [2.45, 2.75) is 36.5 Å². The van der Waals surface area contributed by atoms with Gasteiger partial charge in [-0.25, -0.2) is 8.42 Å². The lowest BCUT2D eigenvalue weighted by Gasteiger charge is -2.34. The Morgan fingerprint density at radius 1 is 1.24 bits per heavy atom. The maximum absolute atomic E-state index is 12.3. The quantitative estimate of drug-likeness (QED) is 0.832. The molecule has 2 aliphatic heterocycles. The van der Waals surface area contributed by atoms with Crippen LogP contribution in [0.4, 0.5) is 0 Å². The Balaban J connectivity index is 1.62. The number of ketones is 1. The Morgan fingerprint density at radius 3 is 2.76 bits per heavy atom. The molecule has 1 atom stereocenters. The van der Waals surface area contributed by atoms with Gasteiger partial charge in [0.25, 0.3) is 0 Å². The number of carbonyl (C=O) groups is 1. The Hall–Kier alpha value is -1.40. The molecule has 0 bridgehead atoms. The first-order chi connectivity index (χ1) is 10.0. The molecule has 0 amide bonds. The predicted octanol–water partition coefficient (Wildman–Crippen LogP) is 1.59. The molecule has 1 saturated heterocycles. The maximum atomic E-state index is 12.3. The summed E-state index contributed by atoms with van der Waals surface area (Å²) in [5.74, 6) is 0.627. The second-order valence-corrected chi connectivity index (χ2v) is 8.42. The summed E-state index contributed by atoms with van der Waals surface area (Å²) in [7, 11) is -3.19. The van der Waals surface area contributed by atoms with Crippen molar-refractivity contribution in [2.75, 3.05) is 13.1 Å². The van der Waals surface area contributed by atoms with Crippen molar-refractivity contribution < 1.29 is 17.9 Å². The second kappa shape index (κ2) is 4.30. The molecule has 3 aliphatic rings. The van der Waals surface area contributed by atoms with Gasteiger partial charge in [-0.3, -0.25) is 4.79 Å². The molecule has 1 aliphatic carbocycles. The van der Waals surface area contributed by atoms with E-state index in [0.717, 1.165) is 12.8 Å². The molecule has 1 aromatic carbocycles. The first-order valence-electron chi connectivity index (χ1n) is 7.30. The lowest BCUT2D eigenvalue weighted by Crippen LogP contribution is -2.45. The second-order valence-electron chi connectivity index (χ2n) is 6.21. The number of sulfonamides is 1. The van der Waals surface area contributed by atoms with E-state index in [-0.39, 0.29) is 17.5 Å². The van der Waals surface area contributed by atoms with E-state index in [1.165, 1.54) is 4.31 Å². The summed E-state index contributed by atoms with van der Waals surface area (Å²) in [6, 6.07) is 7.19. The summed E-state index contributed by atoms with van der Waals surface area (Å²) in [5, 5.41) is -0.209. The van der Waals surface area contributed by atoms with Gasteiger partial charge in [-0.1, -0.05) is 12.1 Å². The smallest absolute Gasteiger partial charge is 0.217 e. The molecule has 21 heavy (non-hydrogen) atoms. The van der Waals surface area contributed by atoms with Crippen molar-refractivity contribution in [1.29, 1.82) is 0 Å². The molecule has 0 aromatic heterocycles. The van der Waals surface area contributed by atoms with Gasteiger partial charge in [0, 0.05) is 13.0 Å². The molecule has 0 N–H and O–H groups in total. The van der Waals surface area contributed by atoms with E-state index in [4.69, 9.17) is 4.74 Å². The lowest BCUT2D eigenvalue weighted by molar-refractivity contribution is 0.0498. The number of hydrogen-bond donors (Lipinski definition) is 0. The van der Waals surface area contributed by atoms with Crippen LogP contribution in [0, 0.1) is 0 Å². The normalized spacial score (nSPS) is 29.4. The summed E-state index contributed by atoms with van der Waals surface area (Å²) in [6.07, 6.45) is 2.36. The van der Waals surface area contributed by atoms with Gasteiger partial charge >= 0.3 is 0 Å². The van der Waals surface area contributed by atoms with Gasteiger partial charge < -0.3 is 4.74 Å². The highest BCUT2D eigenvalue weighted by Crippen LogP contribution is 2.41. The minimum Gasteiger partial charge on any atom is -0.485 e. The van der Waals surface area contributed by atoms with Crippen LogP contribution in [-0.4, -0.2) is 42.4 Å². The molecular weight excluding hydrogens is 290 g/mol. The largest absolute Gasteiger partial charge is 0.485 e. The number of benzene rings is 1.